The van der Waals surface area contributed by atoms with Crippen LogP contribution in [-0.2, 0) is 17.9 Å². The highest BCUT2D eigenvalue weighted by Gasteiger charge is 2.20. The lowest BCUT2D eigenvalue weighted by Crippen LogP contribution is -2.40. The molecule has 0 saturated carbocycles. The molecule has 2 rings (SSSR count). The van der Waals surface area contributed by atoms with Crippen molar-refractivity contribution >= 4 is 5.97 Å². The molecule has 0 spiro atoms. The Morgan fingerprint density at radius 1 is 1.17 bits per heavy atom. The smallest absolute Gasteiger partial charge is 0.320 e. The third-order valence-corrected chi connectivity index (χ3v) is 4.01. The number of carboxylic acids is 1. The van der Waals surface area contributed by atoms with E-state index >= 15 is 0 Å². The van der Waals surface area contributed by atoms with E-state index in [1.807, 2.05) is 50.2 Å². The summed E-state index contributed by atoms with van der Waals surface area (Å²) in [5, 5.41) is 12.3. The minimum absolute atomic E-state index is 0.0305. The second-order valence-corrected chi connectivity index (χ2v) is 6.30. The van der Waals surface area contributed by atoms with Gasteiger partial charge in [0.25, 0.3) is 0 Å². The Bertz CT molecular complexity index is 682. The van der Waals surface area contributed by atoms with Crippen molar-refractivity contribution in [1.82, 2.24) is 5.32 Å². The van der Waals surface area contributed by atoms with E-state index in [-0.39, 0.29) is 5.92 Å². The first-order valence-corrected chi connectivity index (χ1v) is 8.20. The molecular formula is C20H25NO3. The molecule has 0 aliphatic rings. The van der Waals surface area contributed by atoms with Crippen LogP contribution in [0.1, 0.15) is 30.5 Å². The van der Waals surface area contributed by atoms with Crippen LogP contribution in [0, 0.1) is 12.8 Å². The Kier molecular flexibility index (Phi) is 6.38. The Morgan fingerprint density at radius 3 is 2.58 bits per heavy atom. The highest BCUT2D eigenvalue weighted by atomic mass is 16.5. The topological polar surface area (TPSA) is 58.6 Å². The summed E-state index contributed by atoms with van der Waals surface area (Å²) < 4.78 is 5.87. The van der Waals surface area contributed by atoms with Gasteiger partial charge in [0, 0.05) is 6.54 Å². The highest BCUT2D eigenvalue weighted by molar-refractivity contribution is 5.73. The van der Waals surface area contributed by atoms with Crippen molar-refractivity contribution in [2.24, 2.45) is 5.92 Å². The van der Waals surface area contributed by atoms with Crippen molar-refractivity contribution in [3.05, 3.63) is 65.2 Å². The Labute approximate surface area is 143 Å². The third kappa shape index (κ3) is 5.10. The van der Waals surface area contributed by atoms with E-state index in [4.69, 9.17) is 4.74 Å². The maximum absolute atomic E-state index is 11.2. The fraction of sp³-hybridized carbons (Fsp3) is 0.350. The monoisotopic (exact) mass is 327 g/mol. The number of ether oxygens (including phenoxy) is 1. The summed E-state index contributed by atoms with van der Waals surface area (Å²) >= 11 is 0. The van der Waals surface area contributed by atoms with E-state index in [9.17, 15) is 9.90 Å². The van der Waals surface area contributed by atoms with Gasteiger partial charge >= 0.3 is 5.97 Å². The lowest BCUT2D eigenvalue weighted by molar-refractivity contribution is -0.140. The largest absolute Gasteiger partial charge is 0.489 e. The van der Waals surface area contributed by atoms with E-state index in [2.05, 4.69) is 24.4 Å². The molecule has 4 nitrogen and oxygen atoms in total. The lowest BCUT2D eigenvalue weighted by Gasteiger charge is -2.18. The van der Waals surface area contributed by atoms with Crippen molar-refractivity contribution in [1.29, 1.82) is 0 Å². The van der Waals surface area contributed by atoms with Crippen LogP contribution >= 0.6 is 0 Å². The number of hydrogen-bond donors (Lipinski definition) is 2. The van der Waals surface area contributed by atoms with Crippen LogP contribution in [0.4, 0.5) is 0 Å². The predicted molar refractivity (Wildman–Crippen MR) is 95.1 cm³/mol. The minimum Gasteiger partial charge on any atom is -0.489 e. The summed E-state index contributed by atoms with van der Waals surface area (Å²) in [6.07, 6.45) is 0. The standard InChI is InChI=1S/C20H25NO3/c1-14(2)19(20(22)23)21-12-16-8-6-10-18(11-16)24-13-17-9-5-4-7-15(17)3/h4-11,14,19,21H,12-13H2,1-3H3,(H,22,23). The maximum Gasteiger partial charge on any atom is 0.320 e. The van der Waals surface area contributed by atoms with E-state index in [1.54, 1.807) is 0 Å². The zero-order valence-electron chi connectivity index (χ0n) is 14.5. The molecule has 0 aliphatic carbocycles. The molecular weight excluding hydrogens is 302 g/mol. The normalized spacial score (nSPS) is 12.2. The van der Waals surface area contributed by atoms with E-state index in [0.29, 0.717) is 13.2 Å². The van der Waals surface area contributed by atoms with Gasteiger partial charge in [0.05, 0.1) is 0 Å². The molecule has 128 valence electrons. The van der Waals surface area contributed by atoms with Crippen LogP contribution in [-0.4, -0.2) is 17.1 Å². The quantitative estimate of drug-likeness (QED) is 0.775. The number of hydrogen-bond acceptors (Lipinski definition) is 3. The molecule has 0 saturated heterocycles. The molecule has 2 N–H and O–H groups in total. The summed E-state index contributed by atoms with van der Waals surface area (Å²) in [4.78, 5) is 11.2. The molecule has 4 heteroatoms. The average Bonchev–Trinajstić information content (AvgIpc) is 2.54. The molecule has 0 fully saturated rings. The summed E-state index contributed by atoms with van der Waals surface area (Å²) in [5.74, 6) is -0.00563. The van der Waals surface area contributed by atoms with Crippen molar-refractivity contribution in [3.8, 4) is 5.75 Å². The SMILES string of the molecule is Cc1ccccc1COc1cccc(CNC(C(=O)O)C(C)C)c1. The summed E-state index contributed by atoms with van der Waals surface area (Å²) in [5.41, 5.74) is 3.37. The van der Waals surface area contributed by atoms with Crippen LogP contribution in [0.15, 0.2) is 48.5 Å². The van der Waals surface area contributed by atoms with Crippen LogP contribution in [0.3, 0.4) is 0 Å². The van der Waals surface area contributed by atoms with Crippen molar-refractivity contribution in [2.75, 3.05) is 0 Å². The molecule has 0 bridgehead atoms. The molecule has 2 aromatic carbocycles. The summed E-state index contributed by atoms with van der Waals surface area (Å²) in [7, 11) is 0. The third-order valence-electron chi connectivity index (χ3n) is 4.01. The van der Waals surface area contributed by atoms with Gasteiger partial charge < -0.3 is 15.2 Å². The molecule has 1 unspecified atom stereocenters. The maximum atomic E-state index is 11.2. The molecule has 0 amide bonds. The molecule has 0 radical (unpaired) electrons. The van der Waals surface area contributed by atoms with Gasteiger partial charge in [0.2, 0.25) is 0 Å². The number of rotatable bonds is 8. The second kappa shape index (κ2) is 8.50. The number of aliphatic carboxylic acids is 1. The molecule has 24 heavy (non-hydrogen) atoms. The minimum atomic E-state index is -0.822. The zero-order chi connectivity index (χ0) is 17.5. The van der Waals surface area contributed by atoms with Gasteiger partial charge in [0.15, 0.2) is 0 Å². The fourth-order valence-electron chi connectivity index (χ4n) is 2.51. The Hall–Kier alpha value is -2.33. The fourth-order valence-corrected chi connectivity index (χ4v) is 2.51. The van der Waals surface area contributed by atoms with Gasteiger partial charge in [-0.15, -0.1) is 0 Å². The molecule has 0 aromatic heterocycles. The van der Waals surface area contributed by atoms with Gasteiger partial charge in [-0.25, -0.2) is 0 Å². The van der Waals surface area contributed by atoms with Crippen LogP contribution < -0.4 is 10.1 Å². The van der Waals surface area contributed by atoms with E-state index in [1.165, 1.54) is 5.56 Å². The van der Waals surface area contributed by atoms with Gasteiger partial charge in [0.1, 0.15) is 18.4 Å². The zero-order valence-corrected chi connectivity index (χ0v) is 14.5. The van der Waals surface area contributed by atoms with Crippen molar-refractivity contribution < 1.29 is 14.6 Å². The second-order valence-electron chi connectivity index (χ2n) is 6.30. The number of nitrogens with one attached hydrogen (secondary N) is 1. The van der Waals surface area contributed by atoms with Gasteiger partial charge in [-0.1, -0.05) is 50.2 Å². The number of carboxylic acid groups (broad SMARTS) is 1. The summed E-state index contributed by atoms with van der Waals surface area (Å²) in [6.45, 7) is 6.88. The van der Waals surface area contributed by atoms with E-state index < -0.39 is 12.0 Å². The van der Waals surface area contributed by atoms with Gasteiger partial charge in [-0.05, 0) is 41.7 Å². The van der Waals surface area contributed by atoms with Crippen LogP contribution in [0.2, 0.25) is 0 Å². The van der Waals surface area contributed by atoms with Gasteiger partial charge in [-0.3, -0.25) is 4.79 Å². The molecule has 1 atom stereocenters. The van der Waals surface area contributed by atoms with Crippen molar-refractivity contribution in [3.63, 3.8) is 0 Å². The first kappa shape index (κ1) is 18.0. The number of benzene rings is 2. The average molecular weight is 327 g/mol. The predicted octanol–water partition coefficient (Wildman–Crippen LogP) is 3.77. The van der Waals surface area contributed by atoms with Gasteiger partial charge in [-0.2, -0.15) is 0 Å². The molecule has 0 heterocycles. The first-order chi connectivity index (χ1) is 11.5. The van der Waals surface area contributed by atoms with Crippen LogP contribution in [0.5, 0.6) is 5.75 Å². The highest BCUT2D eigenvalue weighted by Crippen LogP contribution is 2.17. The summed E-state index contributed by atoms with van der Waals surface area (Å²) in [6, 6.07) is 15.3. The van der Waals surface area contributed by atoms with Crippen molar-refractivity contribution in [2.45, 2.75) is 40.0 Å². The van der Waals surface area contributed by atoms with E-state index in [0.717, 1.165) is 16.9 Å². The lowest BCUT2D eigenvalue weighted by atomic mass is 10.0. The molecule has 2 aromatic rings. The number of aryl methyl sites for hydroxylation is 1. The Balaban J connectivity index is 1.96. The Morgan fingerprint density at radius 2 is 1.92 bits per heavy atom. The van der Waals surface area contributed by atoms with Crippen LogP contribution in [0.25, 0.3) is 0 Å². The first-order valence-electron chi connectivity index (χ1n) is 8.20. The number of carbonyl (C=O) groups is 1. The molecule has 0 aliphatic heterocycles.